The van der Waals surface area contributed by atoms with Crippen LogP contribution < -0.4 is 15.0 Å². The number of aromatic nitrogens is 2. The number of methoxy groups -OCH3 is 1. The minimum absolute atomic E-state index is 0.136. The van der Waals surface area contributed by atoms with Gasteiger partial charge in [0.05, 0.1) is 18.1 Å². The lowest BCUT2D eigenvalue weighted by Crippen LogP contribution is -2.50. The molecule has 1 aliphatic heterocycles. The van der Waals surface area contributed by atoms with Crippen LogP contribution in [0, 0.1) is 11.6 Å². The van der Waals surface area contributed by atoms with E-state index < -0.39 is 5.82 Å². The van der Waals surface area contributed by atoms with E-state index in [0.29, 0.717) is 37.2 Å². The number of hydrogen-bond donors (Lipinski definition) is 1. The van der Waals surface area contributed by atoms with Crippen molar-refractivity contribution in [2.45, 2.75) is 0 Å². The first-order chi connectivity index (χ1) is 14.0. The van der Waals surface area contributed by atoms with E-state index in [2.05, 4.69) is 20.2 Å². The molecule has 1 fully saturated rings. The van der Waals surface area contributed by atoms with Gasteiger partial charge in [0.15, 0.2) is 5.82 Å². The molecule has 0 unspecified atom stereocenters. The Morgan fingerprint density at radius 3 is 2.34 bits per heavy atom. The summed E-state index contributed by atoms with van der Waals surface area (Å²) in [7, 11) is 1.43. The Morgan fingerprint density at radius 2 is 1.66 bits per heavy atom. The third-order valence-corrected chi connectivity index (χ3v) is 4.77. The molecule has 2 amide bonds. The minimum atomic E-state index is -0.439. The van der Waals surface area contributed by atoms with E-state index in [-0.39, 0.29) is 23.5 Å². The molecule has 1 aromatic heterocycles. The van der Waals surface area contributed by atoms with Crippen molar-refractivity contribution in [1.29, 1.82) is 0 Å². The second-order valence-corrected chi connectivity index (χ2v) is 6.60. The molecule has 1 saturated heterocycles. The van der Waals surface area contributed by atoms with E-state index in [1.165, 1.54) is 37.4 Å². The summed E-state index contributed by atoms with van der Waals surface area (Å²) < 4.78 is 31.8. The molecule has 0 aliphatic carbocycles. The van der Waals surface area contributed by atoms with Crippen molar-refractivity contribution in [3.05, 3.63) is 54.1 Å². The first kappa shape index (κ1) is 18.9. The Kier molecular flexibility index (Phi) is 5.11. The molecular formula is C20H19F2N5O2. The maximum Gasteiger partial charge on any atom is 0.323 e. The van der Waals surface area contributed by atoms with E-state index in [0.717, 1.165) is 5.69 Å². The molecule has 7 nitrogen and oxygen atoms in total. The predicted octanol–water partition coefficient (Wildman–Crippen LogP) is 3.27. The van der Waals surface area contributed by atoms with Crippen LogP contribution >= 0.6 is 0 Å². The molecule has 2 heterocycles. The monoisotopic (exact) mass is 399 g/mol. The zero-order chi connectivity index (χ0) is 20.4. The number of fused-ring (bicyclic) bond motifs is 1. The molecule has 1 aliphatic rings. The first-order valence-corrected chi connectivity index (χ1v) is 9.11. The molecule has 29 heavy (non-hydrogen) atoms. The van der Waals surface area contributed by atoms with Gasteiger partial charge < -0.3 is 14.5 Å². The minimum Gasteiger partial charge on any atom is -0.478 e. The van der Waals surface area contributed by atoms with Crippen LogP contribution in [0.15, 0.2) is 42.5 Å². The van der Waals surface area contributed by atoms with Crippen LogP contribution in [-0.2, 0) is 0 Å². The van der Waals surface area contributed by atoms with Crippen molar-refractivity contribution < 1.29 is 18.3 Å². The summed E-state index contributed by atoms with van der Waals surface area (Å²) in [5.74, 6) is -0.429. The summed E-state index contributed by atoms with van der Waals surface area (Å²) in [4.78, 5) is 25.0. The summed E-state index contributed by atoms with van der Waals surface area (Å²) >= 11 is 0. The Hall–Kier alpha value is -3.49. The number of nitrogens with zero attached hydrogens (tertiary/aromatic N) is 4. The Labute approximate surface area is 165 Å². The lowest BCUT2D eigenvalue weighted by Gasteiger charge is -2.36. The highest BCUT2D eigenvalue weighted by Crippen LogP contribution is 2.24. The molecule has 9 heteroatoms. The number of nitrogens with one attached hydrogen (secondary N) is 1. The van der Waals surface area contributed by atoms with Crippen molar-refractivity contribution >= 4 is 28.6 Å². The van der Waals surface area contributed by atoms with Crippen LogP contribution in [0.5, 0.6) is 5.88 Å². The van der Waals surface area contributed by atoms with Crippen molar-refractivity contribution in [1.82, 2.24) is 14.9 Å². The molecule has 0 bridgehead atoms. The van der Waals surface area contributed by atoms with Crippen molar-refractivity contribution in [3.8, 4) is 5.88 Å². The molecule has 4 rings (SSSR count). The van der Waals surface area contributed by atoms with Gasteiger partial charge in [-0.05, 0) is 36.4 Å². The number of anilines is 2. The fourth-order valence-electron chi connectivity index (χ4n) is 3.24. The fraction of sp³-hybridized carbons (Fsp3) is 0.250. The second kappa shape index (κ2) is 7.86. The normalized spacial score (nSPS) is 14.2. The molecule has 0 atom stereocenters. The predicted molar refractivity (Wildman–Crippen MR) is 105 cm³/mol. The van der Waals surface area contributed by atoms with Gasteiger partial charge in [-0.3, -0.25) is 5.32 Å². The average molecular weight is 399 g/mol. The molecule has 0 radical (unpaired) electrons. The van der Waals surface area contributed by atoms with Crippen LogP contribution in [0.1, 0.15) is 0 Å². The molecular weight excluding hydrogens is 380 g/mol. The Bertz CT molecular complexity index is 1040. The number of ether oxygens (including phenoxy) is 1. The number of urea groups is 1. The van der Waals surface area contributed by atoms with Gasteiger partial charge in [0, 0.05) is 37.9 Å². The van der Waals surface area contributed by atoms with E-state index >= 15 is 0 Å². The third kappa shape index (κ3) is 4.03. The SMILES string of the molecule is COc1nc2ccc(F)cc2nc1NC(=O)N1CCN(c2ccc(F)cc2)CC1. The van der Waals surface area contributed by atoms with Gasteiger partial charge in [-0.2, -0.15) is 0 Å². The number of hydrogen-bond acceptors (Lipinski definition) is 5. The van der Waals surface area contributed by atoms with Gasteiger partial charge in [0.2, 0.25) is 0 Å². The van der Waals surface area contributed by atoms with Crippen molar-refractivity contribution in [2.24, 2.45) is 0 Å². The van der Waals surface area contributed by atoms with Gasteiger partial charge in [-0.25, -0.2) is 23.5 Å². The molecule has 150 valence electrons. The van der Waals surface area contributed by atoms with Crippen molar-refractivity contribution in [3.63, 3.8) is 0 Å². The number of benzene rings is 2. The first-order valence-electron chi connectivity index (χ1n) is 9.11. The highest BCUT2D eigenvalue weighted by Gasteiger charge is 2.23. The Balaban J connectivity index is 1.45. The number of carbonyl (C=O) groups excluding carboxylic acids is 1. The molecule has 0 saturated carbocycles. The van der Waals surface area contributed by atoms with Crippen LogP contribution in [-0.4, -0.2) is 54.2 Å². The second-order valence-electron chi connectivity index (χ2n) is 6.60. The number of carbonyl (C=O) groups is 1. The quantitative estimate of drug-likeness (QED) is 0.732. The van der Waals surface area contributed by atoms with Crippen molar-refractivity contribution in [2.75, 3.05) is 43.5 Å². The Morgan fingerprint density at radius 1 is 0.966 bits per heavy atom. The lowest BCUT2D eigenvalue weighted by atomic mass is 10.2. The number of rotatable bonds is 3. The van der Waals surface area contributed by atoms with Gasteiger partial charge >= 0.3 is 6.03 Å². The van der Waals surface area contributed by atoms with Gasteiger partial charge in [-0.1, -0.05) is 0 Å². The zero-order valence-corrected chi connectivity index (χ0v) is 15.7. The van der Waals surface area contributed by atoms with E-state index in [1.807, 2.05) is 0 Å². The van der Waals surface area contributed by atoms with Gasteiger partial charge in [-0.15, -0.1) is 0 Å². The van der Waals surface area contributed by atoms with E-state index in [4.69, 9.17) is 4.74 Å². The van der Waals surface area contributed by atoms with Crippen LogP contribution in [0.25, 0.3) is 11.0 Å². The van der Waals surface area contributed by atoms with Crippen LogP contribution in [0.2, 0.25) is 0 Å². The van der Waals surface area contributed by atoms with Gasteiger partial charge in [0.1, 0.15) is 11.6 Å². The topological polar surface area (TPSA) is 70.6 Å². The maximum absolute atomic E-state index is 13.5. The third-order valence-electron chi connectivity index (χ3n) is 4.77. The molecule has 0 spiro atoms. The molecule has 2 aromatic carbocycles. The summed E-state index contributed by atoms with van der Waals surface area (Å²) in [6, 6.07) is 9.98. The average Bonchev–Trinajstić information content (AvgIpc) is 2.74. The summed E-state index contributed by atoms with van der Waals surface area (Å²) in [5, 5.41) is 2.70. The number of piperazine rings is 1. The number of halogens is 2. The largest absolute Gasteiger partial charge is 0.478 e. The summed E-state index contributed by atoms with van der Waals surface area (Å²) in [5.41, 5.74) is 1.70. The summed E-state index contributed by atoms with van der Waals surface area (Å²) in [6.07, 6.45) is 0. The van der Waals surface area contributed by atoms with E-state index in [1.54, 1.807) is 17.0 Å². The lowest BCUT2D eigenvalue weighted by molar-refractivity contribution is 0.208. The molecule has 1 N–H and O–H groups in total. The number of amides is 2. The van der Waals surface area contributed by atoms with Gasteiger partial charge in [0.25, 0.3) is 5.88 Å². The maximum atomic E-state index is 13.5. The smallest absolute Gasteiger partial charge is 0.323 e. The highest BCUT2D eigenvalue weighted by atomic mass is 19.1. The summed E-state index contributed by atoms with van der Waals surface area (Å²) in [6.45, 7) is 2.21. The zero-order valence-electron chi connectivity index (χ0n) is 15.7. The van der Waals surface area contributed by atoms with Crippen LogP contribution in [0.3, 0.4) is 0 Å². The van der Waals surface area contributed by atoms with Crippen LogP contribution in [0.4, 0.5) is 25.1 Å². The highest BCUT2D eigenvalue weighted by molar-refractivity contribution is 5.91. The molecule has 3 aromatic rings. The fourth-order valence-corrected chi connectivity index (χ4v) is 3.24. The van der Waals surface area contributed by atoms with E-state index in [9.17, 15) is 13.6 Å². The standard InChI is InChI=1S/C20H19F2N5O2/c1-29-19-18(23-17-12-14(22)4-7-16(17)24-19)25-20(28)27-10-8-26(9-11-27)15-5-2-13(21)3-6-15/h2-7,12H,8-11H2,1H3,(H,23,25,28).